The van der Waals surface area contributed by atoms with Crippen molar-refractivity contribution in [2.45, 2.75) is 13.5 Å². The average molecular weight is 226 g/mol. The van der Waals surface area contributed by atoms with Crippen LogP contribution < -0.4 is 10.6 Å². The first-order valence-corrected chi connectivity index (χ1v) is 5.01. The van der Waals surface area contributed by atoms with Crippen molar-refractivity contribution in [1.29, 1.82) is 0 Å². The van der Waals surface area contributed by atoms with Crippen LogP contribution in [0.2, 0.25) is 0 Å². The van der Waals surface area contributed by atoms with Gasteiger partial charge in [-0.2, -0.15) is 0 Å². The van der Waals surface area contributed by atoms with Gasteiger partial charge in [0.25, 0.3) is 0 Å². The SMILES string of the molecule is Cc1cc(CNC(=O)NCCO)ccc1F. The van der Waals surface area contributed by atoms with Gasteiger partial charge in [0.15, 0.2) is 0 Å². The molecule has 1 rings (SSSR count). The molecule has 0 aliphatic carbocycles. The molecule has 4 nitrogen and oxygen atoms in total. The largest absolute Gasteiger partial charge is 0.395 e. The molecule has 0 radical (unpaired) electrons. The Hall–Kier alpha value is -1.62. The molecule has 0 spiro atoms. The van der Waals surface area contributed by atoms with Gasteiger partial charge in [-0.1, -0.05) is 12.1 Å². The smallest absolute Gasteiger partial charge is 0.315 e. The number of aliphatic hydroxyl groups excluding tert-OH is 1. The van der Waals surface area contributed by atoms with E-state index in [2.05, 4.69) is 10.6 Å². The van der Waals surface area contributed by atoms with E-state index in [1.54, 1.807) is 19.1 Å². The second-order valence-corrected chi connectivity index (χ2v) is 3.42. The molecule has 0 aromatic heterocycles. The van der Waals surface area contributed by atoms with Crippen LogP contribution in [0.1, 0.15) is 11.1 Å². The van der Waals surface area contributed by atoms with Gasteiger partial charge in [0, 0.05) is 13.1 Å². The quantitative estimate of drug-likeness (QED) is 0.715. The summed E-state index contributed by atoms with van der Waals surface area (Å²) >= 11 is 0. The number of rotatable bonds is 4. The van der Waals surface area contributed by atoms with E-state index in [0.717, 1.165) is 5.56 Å². The minimum atomic E-state index is -0.351. The molecule has 0 fully saturated rings. The molecule has 0 heterocycles. The first-order chi connectivity index (χ1) is 7.63. The maximum Gasteiger partial charge on any atom is 0.315 e. The summed E-state index contributed by atoms with van der Waals surface area (Å²) in [4.78, 5) is 11.1. The van der Waals surface area contributed by atoms with Gasteiger partial charge in [0.1, 0.15) is 5.82 Å². The zero-order valence-corrected chi connectivity index (χ0v) is 9.09. The fraction of sp³-hybridized carbons (Fsp3) is 0.364. The molecule has 0 unspecified atom stereocenters. The summed E-state index contributed by atoms with van der Waals surface area (Å²) in [5.74, 6) is -0.256. The zero-order valence-electron chi connectivity index (χ0n) is 9.09. The maximum absolute atomic E-state index is 12.9. The number of urea groups is 1. The van der Waals surface area contributed by atoms with Gasteiger partial charge in [-0.3, -0.25) is 0 Å². The lowest BCUT2D eigenvalue weighted by atomic mass is 10.1. The monoisotopic (exact) mass is 226 g/mol. The Morgan fingerprint density at radius 3 is 2.81 bits per heavy atom. The van der Waals surface area contributed by atoms with Crippen molar-refractivity contribution >= 4 is 6.03 Å². The molecule has 0 saturated carbocycles. The van der Waals surface area contributed by atoms with Crippen molar-refractivity contribution in [1.82, 2.24) is 10.6 Å². The molecule has 1 aromatic rings. The van der Waals surface area contributed by atoms with Crippen molar-refractivity contribution in [2.24, 2.45) is 0 Å². The van der Waals surface area contributed by atoms with E-state index in [4.69, 9.17) is 5.11 Å². The summed E-state index contributed by atoms with van der Waals surface area (Å²) in [6, 6.07) is 4.32. The van der Waals surface area contributed by atoms with Crippen LogP contribution in [-0.4, -0.2) is 24.3 Å². The van der Waals surface area contributed by atoms with Crippen LogP contribution >= 0.6 is 0 Å². The van der Waals surface area contributed by atoms with E-state index in [-0.39, 0.29) is 25.0 Å². The number of hydrogen-bond donors (Lipinski definition) is 3. The van der Waals surface area contributed by atoms with Gasteiger partial charge in [0.2, 0.25) is 0 Å². The summed E-state index contributed by atoms with van der Waals surface area (Å²) in [7, 11) is 0. The Balaban J connectivity index is 2.42. The van der Waals surface area contributed by atoms with Crippen LogP contribution in [-0.2, 0) is 6.54 Å². The number of benzene rings is 1. The molecule has 2 amide bonds. The van der Waals surface area contributed by atoms with Gasteiger partial charge in [-0.25, -0.2) is 9.18 Å². The van der Waals surface area contributed by atoms with Crippen LogP contribution in [0.4, 0.5) is 9.18 Å². The van der Waals surface area contributed by atoms with Crippen LogP contribution in [0.15, 0.2) is 18.2 Å². The molecule has 0 aliphatic rings. The number of carbonyl (C=O) groups is 1. The van der Waals surface area contributed by atoms with Gasteiger partial charge < -0.3 is 15.7 Å². The van der Waals surface area contributed by atoms with Gasteiger partial charge >= 0.3 is 6.03 Å². The fourth-order valence-electron chi connectivity index (χ4n) is 1.23. The first-order valence-electron chi connectivity index (χ1n) is 5.01. The molecule has 88 valence electrons. The maximum atomic E-state index is 12.9. The molecule has 0 aliphatic heterocycles. The predicted molar refractivity (Wildman–Crippen MR) is 58.5 cm³/mol. The van der Waals surface area contributed by atoms with Crippen LogP contribution in [0.5, 0.6) is 0 Å². The Morgan fingerprint density at radius 2 is 2.19 bits per heavy atom. The molecule has 0 atom stereocenters. The summed E-state index contributed by atoms with van der Waals surface area (Å²) in [5, 5.41) is 13.5. The number of nitrogens with one attached hydrogen (secondary N) is 2. The molecular formula is C11H15FN2O2. The van der Waals surface area contributed by atoms with E-state index in [9.17, 15) is 9.18 Å². The lowest BCUT2D eigenvalue weighted by Crippen LogP contribution is -2.36. The zero-order chi connectivity index (χ0) is 12.0. The van der Waals surface area contributed by atoms with E-state index >= 15 is 0 Å². The Morgan fingerprint density at radius 1 is 1.44 bits per heavy atom. The molecule has 5 heteroatoms. The average Bonchev–Trinajstić information content (AvgIpc) is 2.28. The molecule has 0 bridgehead atoms. The van der Waals surface area contributed by atoms with Crippen molar-refractivity contribution in [2.75, 3.05) is 13.2 Å². The van der Waals surface area contributed by atoms with Gasteiger partial charge in [-0.05, 0) is 24.1 Å². The number of aliphatic hydroxyl groups is 1. The number of carbonyl (C=O) groups excluding carboxylic acids is 1. The highest BCUT2D eigenvalue weighted by molar-refractivity contribution is 5.73. The van der Waals surface area contributed by atoms with Gasteiger partial charge in [-0.15, -0.1) is 0 Å². The van der Waals surface area contributed by atoms with Crippen LogP contribution in [0, 0.1) is 12.7 Å². The van der Waals surface area contributed by atoms with Crippen molar-refractivity contribution < 1.29 is 14.3 Å². The predicted octanol–water partition coefficient (Wildman–Crippen LogP) is 0.926. The summed E-state index contributed by atoms with van der Waals surface area (Å²) in [6.45, 7) is 2.13. The molecule has 1 aromatic carbocycles. The van der Waals surface area contributed by atoms with Crippen LogP contribution in [0.3, 0.4) is 0 Å². The van der Waals surface area contributed by atoms with Crippen molar-refractivity contribution in [3.8, 4) is 0 Å². The number of aryl methyl sites for hydroxylation is 1. The highest BCUT2D eigenvalue weighted by atomic mass is 19.1. The second-order valence-electron chi connectivity index (χ2n) is 3.42. The standard InChI is InChI=1S/C11H15FN2O2/c1-8-6-9(2-3-10(8)12)7-14-11(16)13-4-5-15/h2-3,6,15H,4-5,7H2,1H3,(H2,13,14,16). The lowest BCUT2D eigenvalue weighted by molar-refractivity contribution is 0.234. The Bertz CT molecular complexity index is 369. The molecule has 3 N–H and O–H groups in total. The highest BCUT2D eigenvalue weighted by Gasteiger charge is 2.01. The molecule has 16 heavy (non-hydrogen) atoms. The van der Waals surface area contributed by atoms with Crippen LogP contribution in [0.25, 0.3) is 0 Å². The number of hydrogen-bond acceptors (Lipinski definition) is 2. The fourth-order valence-corrected chi connectivity index (χ4v) is 1.23. The first kappa shape index (κ1) is 12.4. The van der Waals surface area contributed by atoms with Gasteiger partial charge in [0.05, 0.1) is 6.61 Å². The lowest BCUT2D eigenvalue weighted by Gasteiger charge is -2.07. The normalized spacial score (nSPS) is 9.94. The Labute approximate surface area is 93.5 Å². The van der Waals surface area contributed by atoms with E-state index in [1.807, 2.05) is 0 Å². The minimum Gasteiger partial charge on any atom is -0.395 e. The van der Waals surface area contributed by atoms with Crippen molar-refractivity contribution in [3.63, 3.8) is 0 Å². The third kappa shape index (κ3) is 3.86. The van der Waals surface area contributed by atoms with E-state index < -0.39 is 0 Å². The van der Waals surface area contributed by atoms with E-state index in [1.165, 1.54) is 6.07 Å². The third-order valence-corrected chi connectivity index (χ3v) is 2.07. The highest BCUT2D eigenvalue weighted by Crippen LogP contribution is 2.08. The topological polar surface area (TPSA) is 61.4 Å². The number of amides is 2. The summed E-state index contributed by atoms with van der Waals surface area (Å²) in [6.07, 6.45) is 0. The molecular weight excluding hydrogens is 211 g/mol. The Kier molecular flexibility index (Phi) is 4.72. The minimum absolute atomic E-state index is 0.0942. The summed E-state index contributed by atoms with van der Waals surface area (Å²) in [5.41, 5.74) is 1.38. The van der Waals surface area contributed by atoms with Crippen molar-refractivity contribution in [3.05, 3.63) is 35.1 Å². The molecule has 0 saturated heterocycles. The summed E-state index contributed by atoms with van der Waals surface area (Å²) < 4.78 is 12.9. The number of halogens is 1. The van der Waals surface area contributed by atoms with E-state index in [0.29, 0.717) is 12.1 Å². The third-order valence-electron chi connectivity index (χ3n) is 2.07. The second kappa shape index (κ2) is 6.07.